The molecule has 6 aromatic carbocycles. The molecule has 2 nitrogen and oxygen atoms in total. The second-order valence-corrected chi connectivity index (χ2v) is 44.4. The number of rotatable bonds is 12. The van der Waals surface area contributed by atoms with E-state index in [-0.39, 0.29) is 0 Å². The third-order valence-electron chi connectivity index (χ3n) is 19.7. The second-order valence-electron chi connectivity index (χ2n) is 24.9. The number of hydrogen-bond acceptors (Lipinski definition) is 8. The smallest absolute Gasteiger partial charge is 0.0309 e. The number of aldehydes is 2. The zero-order chi connectivity index (χ0) is 68.2. The predicted molar refractivity (Wildman–Crippen MR) is 439 cm³/mol. The van der Waals surface area contributed by atoms with Crippen LogP contribution in [0.2, 0.25) is 0 Å². The van der Waals surface area contributed by atoms with Crippen molar-refractivity contribution in [2.24, 2.45) is 0 Å². The molecule has 0 aliphatic carbocycles. The maximum atomic E-state index is 10.4. The fraction of sp³-hybridized carbons (Fsp3) is 0.167. The third kappa shape index (κ3) is 13.3. The summed E-state index contributed by atoms with van der Waals surface area (Å²) in [6.45, 7) is 26.3. The summed E-state index contributed by atoms with van der Waals surface area (Å²) in [6, 6.07) is 64.7. The van der Waals surface area contributed by atoms with Gasteiger partial charge in [-0.15, -0.1) is 56.7 Å². The van der Waals surface area contributed by atoms with E-state index in [1.807, 2.05) is 70.5 Å². The summed E-state index contributed by atoms with van der Waals surface area (Å²) in [4.78, 5) is 35.6. The van der Waals surface area contributed by atoms with Crippen molar-refractivity contribution in [2.45, 2.75) is 95.4 Å². The summed E-state index contributed by atoms with van der Waals surface area (Å²) in [5.41, 5.74) is 15.5. The normalized spacial score (nSPS) is 12.9. The molecular formula is C84H80Cl2O2P2S6. The van der Waals surface area contributed by atoms with Crippen LogP contribution >= 0.6 is 102 Å². The molecule has 488 valence electrons. The standard InChI is InChI=1S/C44H40Cl2P2S.C32H32S4.C8H8O2S/c1-35-36(2)44(34-48(46,40-27-15-6-16-28-40,41-29-17-7-18-30-41)42-31-19-8-20-32-42)49-43(35)33-47(45,37-21-9-3-10-22-37,38-23-11-4-12-24-38)39-25-13-5-14-26-39;1-17-18(2)26-11-12-28-21(5)22(6)30(35-28)15-16-32-24(8)23(7)31(36-32)14-13-29-20(4)19(3)27(34-29)10-9-25(17)33-26;1-5-6(2)8(4-10)11-7(5)3-9/h3-32H,33-34H2,1-2H3;9-16H,1-8H3;3-4H,1-2H3. The molecular weight excluding hydrogens is 1370 g/mol. The Kier molecular flexibility index (Phi) is 21.6. The van der Waals surface area contributed by atoms with E-state index in [4.69, 9.17) is 22.5 Å². The fourth-order valence-electron chi connectivity index (χ4n) is 12.7. The molecule has 0 saturated heterocycles. The average Bonchev–Trinajstić information content (AvgIpc) is 0.802. The minimum Gasteiger partial charge on any atom is -0.136 e. The summed E-state index contributed by atoms with van der Waals surface area (Å²) in [7, 11) is 0. The first-order chi connectivity index (χ1) is 46.1. The van der Waals surface area contributed by atoms with Gasteiger partial charge >= 0.3 is 307 Å². The van der Waals surface area contributed by atoms with Crippen LogP contribution in [-0.4, -0.2) is 12.6 Å². The van der Waals surface area contributed by atoms with E-state index >= 15 is 0 Å². The van der Waals surface area contributed by atoms with Crippen LogP contribution in [0.25, 0.3) is 48.6 Å². The van der Waals surface area contributed by atoms with E-state index in [1.165, 1.54) is 148 Å². The predicted octanol–water partition coefficient (Wildman–Crippen LogP) is 24.1. The Bertz CT molecular complexity index is 4190. The molecule has 12 heteroatoms. The number of carbonyl (C=O) groups excluding carboxylic acids is 2. The van der Waals surface area contributed by atoms with Crippen molar-refractivity contribution in [3.05, 3.63) is 307 Å². The molecule has 12 aromatic rings. The van der Waals surface area contributed by atoms with E-state index in [0.29, 0.717) is 22.1 Å². The van der Waals surface area contributed by atoms with Gasteiger partial charge in [0.2, 0.25) is 0 Å². The van der Waals surface area contributed by atoms with Gasteiger partial charge in [0.15, 0.2) is 12.6 Å². The molecule has 6 aromatic heterocycles. The number of thiophene rings is 6. The van der Waals surface area contributed by atoms with E-state index in [0.717, 1.165) is 23.7 Å². The molecule has 1 aliphatic rings. The molecule has 0 fully saturated rings. The largest absolute Gasteiger partial charge is 0.136 e. The number of halogens is 2. The molecule has 8 bridgehead atoms. The minimum atomic E-state index is -3.54. The molecule has 0 saturated carbocycles. The zero-order valence-electron chi connectivity index (χ0n) is 56.4. The van der Waals surface area contributed by atoms with Gasteiger partial charge in [0.25, 0.3) is 0 Å². The Labute approximate surface area is 602 Å². The molecule has 13 rings (SSSR count). The molecule has 0 unspecified atom stereocenters. The van der Waals surface area contributed by atoms with Gasteiger partial charge in [-0.05, 0) is 173 Å². The summed E-state index contributed by atoms with van der Waals surface area (Å²) in [6.07, 6.45) is 21.5. The van der Waals surface area contributed by atoms with Gasteiger partial charge in [-0.2, -0.15) is 0 Å². The van der Waals surface area contributed by atoms with Crippen molar-refractivity contribution in [3.8, 4) is 0 Å². The monoisotopic (exact) mass is 1440 g/mol. The first kappa shape index (κ1) is 70.6. The van der Waals surface area contributed by atoms with Crippen molar-refractivity contribution >= 4 is 195 Å². The Morgan fingerprint density at radius 3 is 0.583 bits per heavy atom. The number of benzene rings is 6. The number of hydrogen-bond donors (Lipinski definition) is 0. The molecule has 7 heterocycles. The van der Waals surface area contributed by atoms with Gasteiger partial charge in [0.05, 0.1) is 9.75 Å². The first-order valence-electron chi connectivity index (χ1n) is 32.1. The van der Waals surface area contributed by atoms with Crippen LogP contribution < -0.4 is 31.8 Å². The van der Waals surface area contributed by atoms with Gasteiger partial charge < -0.3 is 0 Å². The summed E-state index contributed by atoms with van der Waals surface area (Å²) >= 11 is 27.9. The van der Waals surface area contributed by atoms with Crippen LogP contribution in [-0.2, 0) is 12.3 Å². The van der Waals surface area contributed by atoms with Crippen molar-refractivity contribution in [2.75, 3.05) is 0 Å². The van der Waals surface area contributed by atoms with Crippen molar-refractivity contribution in [1.29, 1.82) is 0 Å². The Morgan fingerprint density at radius 1 is 0.250 bits per heavy atom. The topological polar surface area (TPSA) is 34.1 Å². The summed E-state index contributed by atoms with van der Waals surface area (Å²) < 4.78 is 0. The number of fused-ring (bicyclic) bond motifs is 8. The molecule has 0 radical (unpaired) electrons. The molecule has 0 atom stereocenters. The zero-order valence-corrected chi connectivity index (χ0v) is 64.6. The quantitative estimate of drug-likeness (QED) is 0.0902. The van der Waals surface area contributed by atoms with Gasteiger partial charge in [0, 0.05) is 39.0 Å². The second kappa shape index (κ2) is 29.4. The van der Waals surface area contributed by atoms with Crippen LogP contribution in [0, 0.1) is 83.1 Å². The van der Waals surface area contributed by atoms with Crippen LogP contribution in [0.4, 0.5) is 0 Å². The third-order valence-corrected chi connectivity index (χ3v) is 42.3. The maximum Gasteiger partial charge on any atom is 0.0309 e. The van der Waals surface area contributed by atoms with Crippen molar-refractivity contribution in [3.63, 3.8) is 0 Å². The van der Waals surface area contributed by atoms with Gasteiger partial charge in [-0.3, -0.25) is 9.59 Å². The van der Waals surface area contributed by atoms with E-state index < -0.39 is 11.9 Å². The SMILES string of the molecule is Cc1c(C=O)sc(C=O)c1C.Cc1c(CP(Cl)(c2ccccc2)(c2ccccc2)c2ccccc2)sc(CP(Cl)(c2ccccc2)(c2ccccc2)c2ccccc2)c1C.Cc1c2sc(c1C)C=Cc1sc(c(C)c1C)C=Cc1sc(c(C)c1C)C=Cc1sc(c(C)c1C)C=C2. The van der Waals surface area contributed by atoms with E-state index in [9.17, 15) is 9.59 Å². The molecule has 0 amide bonds. The van der Waals surface area contributed by atoms with E-state index in [2.05, 4.69) is 300 Å². The average molecular weight is 1450 g/mol. The van der Waals surface area contributed by atoms with Crippen LogP contribution in [0.1, 0.15) is 135 Å². The summed E-state index contributed by atoms with van der Waals surface area (Å²) in [5.74, 6) is -7.09. The van der Waals surface area contributed by atoms with Gasteiger partial charge in [-0.1, -0.05) is 0 Å². The summed E-state index contributed by atoms with van der Waals surface area (Å²) in [5, 5.41) is 7.05. The van der Waals surface area contributed by atoms with Crippen LogP contribution in [0.15, 0.2) is 182 Å². The van der Waals surface area contributed by atoms with Crippen LogP contribution in [0.5, 0.6) is 0 Å². The Hall–Kier alpha value is -6.74. The van der Waals surface area contributed by atoms with Gasteiger partial charge in [-0.25, -0.2) is 0 Å². The number of carbonyl (C=O) groups is 2. The molecule has 96 heavy (non-hydrogen) atoms. The van der Waals surface area contributed by atoms with E-state index in [1.54, 1.807) is 0 Å². The van der Waals surface area contributed by atoms with Crippen molar-refractivity contribution in [1.82, 2.24) is 0 Å². The first-order valence-corrected chi connectivity index (χ1v) is 43.7. The van der Waals surface area contributed by atoms with Crippen molar-refractivity contribution < 1.29 is 9.59 Å². The minimum absolute atomic E-state index is 0.657. The van der Waals surface area contributed by atoms with Crippen LogP contribution in [0.3, 0.4) is 0 Å². The molecule has 1 aliphatic heterocycles. The van der Waals surface area contributed by atoms with Gasteiger partial charge in [0.1, 0.15) is 0 Å². The Morgan fingerprint density at radius 2 is 0.427 bits per heavy atom. The molecule has 0 N–H and O–H groups in total. The fourth-order valence-corrected chi connectivity index (χ4v) is 33.5. The Balaban J connectivity index is 0.000000174. The maximum absolute atomic E-state index is 10.4. The molecule has 0 spiro atoms.